The summed E-state index contributed by atoms with van der Waals surface area (Å²) in [4.78, 5) is 10.7. The van der Waals surface area contributed by atoms with Crippen LogP contribution in [-0.2, 0) is 7.05 Å². The summed E-state index contributed by atoms with van der Waals surface area (Å²) in [6.07, 6.45) is 2.05. The highest BCUT2D eigenvalue weighted by molar-refractivity contribution is 5.85. The van der Waals surface area contributed by atoms with Gasteiger partial charge in [-0.15, -0.1) is 4.91 Å². The highest BCUT2D eigenvalue weighted by Gasteiger charge is 2.08. The second kappa shape index (κ2) is 6.00. The standard InChI is InChI=1S/C17H19N5O/c1-18-15-11-14(5-7-17(15)22(3)20-23)19-13-4-6-16-12(10-13)8-9-21(16)2/h4-11,18-19H,1-3H3. The van der Waals surface area contributed by atoms with Gasteiger partial charge >= 0.3 is 0 Å². The lowest BCUT2D eigenvalue weighted by Crippen LogP contribution is -2.09. The number of benzene rings is 2. The number of hydrogen-bond acceptors (Lipinski definition) is 4. The van der Waals surface area contributed by atoms with E-state index in [2.05, 4.69) is 38.7 Å². The average Bonchev–Trinajstić information content (AvgIpc) is 2.94. The van der Waals surface area contributed by atoms with E-state index in [-0.39, 0.29) is 0 Å². The number of nitroso groups, excluding NO2 is 1. The molecule has 3 aromatic rings. The molecule has 6 nitrogen and oxygen atoms in total. The van der Waals surface area contributed by atoms with Crippen molar-refractivity contribution in [3.63, 3.8) is 0 Å². The Kier molecular flexibility index (Phi) is 3.89. The van der Waals surface area contributed by atoms with E-state index in [0.717, 1.165) is 22.7 Å². The minimum Gasteiger partial charge on any atom is -0.386 e. The number of fused-ring (bicyclic) bond motifs is 1. The first-order valence-electron chi connectivity index (χ1n) is 7.33. The van der Waals surface area contributed by atoms with Gasteiger partial charge in [-0.05, 0) is 42.5 Å². The van der Waals surface area contributed by atoms with Gasteiger partial charge in [-0.1, -0.05) is 0 Å². The molecule has 0 aliphatic carbocycles. The molecular formula is C17H19N5O. The molecule has 2 N–H and O–H groups in total. The number of nitrogens with zero attached hydrogens (tertiary/aromatic N) is 3. The zero-order chi connectivity index (χ0) is 16.4. The molecule has 0 spiro atoms. The van der Waals surface area contributed by atoms with Crippen LogP contribution in [0.5, 0.6) is 0 Å². The fourth-order valence-corrected chi connectivity index (χ4v) is 2.67. The molecule has 0 aliphatic rings. The summed E-state index contributed by atoms with van der Waals surface area (Å²) in [5.41, 5.74) is 4.71. The van der Waals surface area contributed by atoms with Crippen LogP contribution in [0.15, 0.2) is 53.9 Å². The molecule has 23 heavy (non-hydrogen) atoms. The Hall–Kier alpha value is -3.02. The van der Waals surface area contributed by atoms with Crippen LogP contribution in [0.1, 0.15) is 0 Å². The predicted molar refractivity (Wildman–Crippen MR) is 96.4 cm³/mol. The van der Waals surface area contributed by atoms with Crippen LogP contribution in [0.3, 0.4) is 0 Å². The molecule has 0 bridgehead atoms. The molecule has 0 saturated heterocycles. The van der Waals surface area contributed by atoms with Gasteiger partial charge in [0.05, 0.1) is 16.7 Å². The molecule has 0 aliphatic heterocycles. The summed E-state index contributed by atoms with van der Waals surface area (Å²) in [5, 5.41) is 11.9. The molecule has 2 aromatic carbocycles. The van der Waals surface area contributed by atoms with Crippen LogP contribution in [0, 0.1) is 4.91 Å². The molecule has 3 rings (SSSR count). The molecule has 0 radical (unpaired) electrons. The number of aromatic nitrogens is 1. The first kappa shape index (κ1) is 14.9. The maximum absolute atomic E-state index is 10.7. The van der Waals surface area contributed by atoms with Crippen LogP contribution in [0.4, 0.5) is 22.7 Å². The molecule has 1 heterocycles. The lowest BCUT2D eigenvalue weighted by molar-refractivity contribution is 0.969. The van der Waals surface area contributed by atoms with Gasteiger partial charge in [0.1, 0.15) is 0 Å². The first-order chi connectivity index (χ1) is 11.1. The van der Waals surface area contributed by atoms with Gasteiger partial charge in [-0.2, -0.15) is 0 Å². The van der Waals surface area contributed by atoms with Gasteiger partial charge in [-0.25, -0.2) is 5.01 Å². The third kappa shape index (κ3) is 2.83. The van der Waals surface area contributed by atoms with Gasteiger partial charge < -0.3 is 15.2 Å². The van der Waals surface area contributed by atoms with E-state index in [0.29, 0.717) is 0 Å². The summed E-state index contributed by atoms with van der Waals surface area (Å²) in [5.74, 6) is 0. The Morgan fingerprint density at radius 1 is 1.09 bits per heavy atom. The summed E-state index contributed by atoms with van der Waals surface area (Å²) in [6.45, 7) is 0. The lowest BCUT2D eigenvalue weighted by Gasteiger charge is -2.16. The van der Waals surface area contributed by atoms with Crippen LogP contribution < -0.4 is 15.6 Å². The number of anilines is 4. The Balaban J connectivity index is 1.90. The first-order valence-corrected chi connectivity index (χ1v) is 7.33. The maximum atomic E-state index is 10.7. The number of rotatable bonds is 5. The number of nitrogens with one attached hydrogen (secondary N) is 2. The van der Waals surface area contributed by atoms with Crippen molar-refractivity contribution in [3.8, 4) is 0 Å². The fourth-order valence-electron chi connectivity index (χ4n) is 2.67. The third-order valence-electron chi connectivity index (χ3n) is 3.91. The van der Waals surface area contributed by atoms with Crippen molar-refractivity contribution < 1.29 is 0 Å². The summed E-state index contributed by atoms with van der Waals surface area (Å²) in [6, 6.07) is 14.1. The predicted octanol–water partition coefficient (Wildman–Crippen LogP) is 4.08. The zero-order valence-corrected chi connectivity index (χ0v) is 13.4. The van der Waals surface area contributed by atoms with Gasteiger partial charge in [0.25, 0.3) is 0 Å². The molecule has 6 heteroatoms. The smallest absolute Gasteiger partial charge is 0.0855 e. The highest BCUT2D eigenvalue weighted by atomic mass is 16.3. The van der Waals surface area contributed by atoms with Crippen LogP contribution in [0.25, 0.3) is 10.9 Å². The van der Waals surface area contributed by atoms with Crippen molar-refractivity contribution in [2.75, 3.05) is 29.7 Å². The van der Waals surface area contributed by atoms with E-state index in [4.69, 9.17) is 0 Å². The van der Waals surface area contributed by atoms with E-state index >= 15 is 0 Å². The molecule has 0 atom stereocenters. The second-order valence-electron chi connectivity index (χ2n) is 5.41. The molecule has 0 amide bonds. The van der Waals surface area contributed by atoms with E-state index < -0.39 is 0 Å². The Labute approximate surface area is 134 Å². The third-order valence-corrected chi connectivity index (χ3v) is 3.91. The Morgan fingerprint density at radius 3 is 2.57 bits per heavy atom. The topological polar surface area (TPSA) is 61.7 Å². The molecule has 1 aromatic heterocycles. The minimum atomic E-state index is 0.728. The monoisotopic (exact) mass is 309 g/mol. The van der Waals surface area contributed by atoms with Crippen LogP contribution in [0.2, 0.25) is 0 Å². The van der Waals surface area contributed by atoms with E-state index in [1.807, 2.05) is 44.6 Å². The Morgan fingerprint density at radius 2 is 1.83 bits per heavy atom. The number of hydrogen-bond donors (Lipinski definition) is 2. The van der Waals surface area contributed by atoms with Crippen molar-refractivity contribution in [2.45, 2.75) is 0 Å². The van der Waals surface area contributed by atoms with Crippen LogP contribution >= 0.6 is 0 Å². The molecule has 0 unspecified atom stereocenters. The number of aryl methyl sites for hydroxylation is 1. The van der Waals surface area contributed by atoms with Gasteiger partial charge in [0, 0.05) is 49.6 Å². The SMILES string of the molecule is CNc1cc(Nc2ccc3c(ccn3C)c2)ccc1N(C)N=O. The zero-order valence-electron chi connectivity index (χ0n) is 13.4. The maximum Gasteiger partial charge on any atom is 0.0855 e. The van der Waals surface area contributed by atoms with Crippen molar-refractivity contribution in [1.82, 2.24) is 4.57 Å². The summed E-state index contributed by atoms with van der Waals surface area (Å²) < 4.78 is 2.09. The Bertz CT molecular complexity index is 855. The molecule has 0 saturated carbocycles. The second-order valence-corrected chi connectivity index (χ2v) is 5.41. The van der Waals surface area contributed by atoms with Crippen LogP contribution in [-0.4, -0.2) is 18.7 Å². The molecule has 118 valence electrons. The fraction of sp³-hybridized carbons (Fsp3) is 0.176. The van der Waals surface area contributed by atoms with Crippen molar-refractivity contribution >= 4 is 33.7 Å². The van der Waals surface area contributed by atoms with Gasteiger partial charge in [-0.3, -0.25) is 0 Å². The molecule has 0 fully saturated rings. The average molecular weight is 309 g/mol. The highest BCUT2D eigenvalue weighted by Crippen LogP contribution is 2.30. The van der Waals surface area contributed by atoms with E-state index in [9.17, 15) is 4.91 Å². The van der Waals surface area contributed by atoms with Crippen molar-refractivity contribution in [3.05, 3.63) is 53.6 Å². The quantitative estimate of drug-likeness (QED) is 0.550. The van der Waals surface area contributed by atoms with Crippen molar-refractivity contribution in [1.29, 1.82) is 0 Å². The van der Waals surface area contributed by atoms with Crippen molar-refractivity contribution in [2.24, 2.45) is 12.3 Å². The molecular weight excluding hydrogens is 290 g/mol. The lowest BCUT2D eigenvalue weighted by atomic mass is 10.2. The summed E-state index contributed by atoms with van der Waals surface area (Å²) in [7, 11) is 5.47. The summed E-state index contributed by atoms with van der Waals surface area (Å²) >= 11 is 0. The minimum absolute atomic E-state index is 0.728. The van der Waals surface area contributed by atoms with Gasteiger partial charge in [0.2, 0.25) is 0 Å². The van der Waals surface area contributed by atoms with Gasteiger partial charge in [0.15, 0.2) is 0 Å². The van der Waals surface area contributed by atoms with E-state index in [1.54, 1.807) is 7.05 Å². The largest absolute Gasteiger partial charge is 0.386 e. The van der Waals surface area contributed by atoms with E-state index in [1.165, 1.54) is 15.9 Å². The normalized spacial score (nSPS) is 10.6.